The largest absolute Gasteiger partial charge is 0.398 e. The Morgan fingerprint density at radius 3 is 2.71 bits per heavy atom. The summed E-state index contributed by atoms with van der Waals surface area (Å²) in [5, 5.41) is 0. The van der Waals surface area contributed by atoms with Crippen LogP contribution in [0.15, 0.2) is 29.4 Å². The van der Waals surface area contributed by atoms with Crippen LogP contribution in [0.1, 0.15) is 17.0 Å². The Hall–Kier alpha value is -1.86. The predicted molar refractivity (Wildman–Crippen MR) is 80.2 cm³/mol. The lowest BCUT2D eigenvalue weighted by Crippen LogP contribution is -2.38. The highest BCUT2D eigenvalue weighted by Gasteiger charge is 2.29. The van der Waals surface area contributed by atoms with E-state index in [9.17, 15) is 8.42 Å². The number of imidazole rings is 1. The van der Waals surface area contributed by atoms with Crippen LogP contribution in [0.4, 0.5) is 5.69 Å². The maximum Gasteiger partial charge on any atom is 0.243 e. The molecule has 0 saturated heterocycles. The van der Waals surface area contributed by atoms with Gasteiger partial charge in [-0.15, -0.1) is 0 Å². The number of nitrogens with zero attached hydrogens (tertiary/aromatic N) is 3. The van der Waals surface area contributed by atoms with Crippen molar-refractivity contribution >= 4 is 15.7 Å². The number of aryl methyl sites for hydroxylation is 1. The third kappa shape index (κ3) is 2.32. The van der Waals surface area contributed by atoms with Gasteiger partial charge in [-0.3, -0.25) is 0 Å². The first-order valence-corrected chi connectivity index (χ1v) is 8.20. The van der Waals surface area contributed by atoms with Gasteiger partial charge in [0.1, 0.15) is 5.82 Å². The standard InChI is InChI=1S/C14H18N4O2S/c1-10-7-12(8-13(15)11(10)2)21(19,20)18-6-5-17-4-3-16-14(17)9-18/h3-4,7-8H,5-6,9,15H2,1-2H3. The summed E-state index contributed by atoms with van der Waals surface area (Å²) in [7, 11) is -3.54. The van der Waals surface area contributed by atoms with Gasteiger partial charge < -0.3 is 10.3 Å². The molecule has 0 aliphatic carbocycles. The number of fused-ring (bicyclic) bond motifs is 1. The number of rotatable bonds is 2. The Kier molecular flexibility index (Phi) is 3.26. The molecule has 0 fully saturated rings. The summed E-state index contributed by atoms with van der Waals surface area (Å²) in [6, 6.07) is 3.22. The minimum absolute atomic E-state index is 0.253. The molecule has 0 saturated carbocycles. The molecule has 0 unspecified atom stereocenters. The monoisotopic (exact) mass is 306 g/mol. The Morgan fingerprint density at radius 1 is 1.24 bits per heavy atom. The van der Waals surface area contributed by atoms with Crippen molar-refractivity contribution < 1.29 is 8.42 Å². The molecule has 0 radical (unpaired) electrons. The minimum Gasteiger partial charge on any atom is -0.398 e. The number of benzene rings is 1. The van der Waals surface area contributed by atoms with Crippen LogP contribution in [0.25, 0.3) is 0 Å². The number of anilines is 1. The smallest absolute Gasteiger partial charge is 0.243 e. The van der Waals surface area contributed by atoms with Gasteiger partial charge in [0.15, 0.2) is 0 Å². The molecule has 112 valence electrons. The molecule has 1 aliphatic heterocycles. The minimum atomic E-state index is -3.54. The predicted octanol–water partition coefficient (Wildman–Crippen LogP) is 1.29. The van der Waals surface area contributed by atoms with Gasteiger partial charge >= 0.3 is 0 Å². The van der Waals surface area contributed by atoms with Gasteiger partial charge in [-0.25, -0.2) is 13.4 Å². The SMILES string of the molecule is Cc1cc(S(=O)(=O)N2CCn3ccnc3C2)cc(N)c1C. The van der Waals surface area contributed by atoms with E-state index in [1.807, 2.05) is 24.6 Å². The Balaban J connectivity index is 1.98. The van der Waals surface area contributed by atoms with Crippen molar-refractivity contribution in [1.82, 2.24) is 13.9 Å². The number of aromatic nitrogens is 2. The quantitative estimate of drug-likeness (QED) is 0.848. The zero-order valence-corrected chi connectivity index (χ0v) is 12.9. The summed E-state index contributed by atoms with van der Waals surface area (Å²) in [5.41, 5.74) is 8.22. The van der Waals surface area contributed by atoms with Crippen LogP contribution in [0.2, 0.25) is 0 Å². The molecule has 0 atom stereocenters. The summed E-state index contributed by atoms with van der Waals surface area (Å²) >= 11 is 0. The number of sulfonamides is 1. The van der Waals surface area contributed by atoms with Gasteiger partial charge in [0, 0.05) is 31.2 Å². The van der Waals surface area contributed by atoms with Crippen LogP contribution in [-0.2, 0) is 23.1 Å². The average molecular weight is 306 g/mol. The fraction of sp³-hybridized carbons (Fsp3) is 0.357. The lowest BCUT2D eigenvalue weighted by Gasteiger charge is -2.27. The molecule has 6 nitrogen and oxygen atoms in total. The lowest BCUT2D eigenvalue weighted by molar-refractivity contribution is 0.335. The van der Waals surface area contributed by atoms with E-state index >= 15 is 0 Å². The van der Waals surface area contributed by atoms with Crippen molar-refractivity contribution in [3.63, 3.8) is 0 Å². The zero-order valence-electron chi connectivity index (χ0n) is 12.1. The first-order chi connectivity index (χ1) is 9.89. The van der Waals surface area contributed by atoms with Crippen molar-refractivity contribution in [3.05, 3.63) is 41.5 Å². The third-order valence-electron chi connectivity index (χ3n) is 4.03. The second-order valence-electron chi connectivity index (χ2n) is 5.33. The second kappa shape index (κ2) is 4.85. The van der Waals surface area contributed by atoms with Crippen LogP contribution in [0.5, 0.6) is 0 Å². The topological polar surface area (TPSA) is 81.2 Å². The van der Waals surface area contributed by atoms with Crippen LogP contribution >= 0.6 is 0 Å². The molecular weight excluding hydrogens is 288 g/mol. The van der Waals surface area contributed by atoms with Crippen molar-refractivity contribution in [2.24, 2.45) is 0 Å². The molecule has 2 N–H and O–H groups in total. The highest BCUT2D eigenvalue weighted by Crippen LogP contribution is 2.26. The molecule has 1 aromatic heterocycles. The van der Waals surface area contributed by atoms with E-state index in [0.717, 1.165) is 17.0 Å². The first-order valence-electron chi connectivity index (χ1n) is 6.76. The van der Waals surface area contributed by atoms with E-state index in [1.165, 1.54) is 4.31 Å². The summed E-state index contributed by atoms with van der Waals surface area (Å²) < 4.78 is 29.0. The van der Waals surface area contributed by atoms with Crippen LogP contribution in [-0.4, -0.2) is 28.8 Å². The van der Waals surface area contributed by atoms with Gasteiger partial charge in [0.05, 0.1) is 11.4 Å². The Morgan fingerprint density at radius 2 is 2.00 bits per heavy atom. The molecule has 1 aromatic carbocycles. The summed E-state index contributed by atoms with van der Waals surface area (Å²) in [5.74, 6) is 0.765. The van der Waals surface area contributed by atoms with E-state index in [2.05, 4.69) is 4.98 Å². The molecule has 3 rings (SSSR count). The van der Waals surface area contributed by atoms with Gasteiger partial charge in [0.25, 0.3) is 0 Å². The van der Waals surface area contributed by atoms with Gasteiger partial charge in [-0.05, 0) is 37.1 Å². The molecule has 0 amide bonds. The van der Waals surface area contributed by atoms with Gasteiger partial charge in [-0.1, -0.05) is 0 Å². The molecule has 21 heavy (non-hydrogen) atoms. The molecule has 2 aromatic rings. The van der Waals surface area contributed by atoms with E-state index in [1.54, 1.807) is 18.3 Å². The Labute approximate surface area is 124 Å². The van der Waals surface area contributed by atoms with Crippen molar-refractivity contribution in [2.45, 2.75) is 31.8 Å². The maximum atomic E-state index is 12.8. The van der Waals surface area contributed by atoms with Crippen LogP contribution in [0.3, 0.4) is 0 Å². The molecule has 0 spiro atoms. The summed E-state index contributed by atoms with van der Waals surface area (Å²) in [4.78, 5) is 4.45. The van der Waals surface area contributed by atoms with E-state index < -0.39 is 10.0 Å². The lowest BCUT2D eigenvalue weighted by atomic mass is 10.1. The van der Waals surface area contributed by atoms with E-state index in [4.69, 9.17) is 5.73 Å². The molecule has 2 heterocycles. The van der Waals surface area contributed by atoms with Gasteiger partial charge in [0.2, 0.25) is 10.0 Å². The molecule has 1 aliphatic rings. The summed E-state index contributed by atoms with van der Waals surface area (Å²) in [6.07, 6.45) is 3.56. The number of hydrogen-bond acceptors (Lipinski definition) is 4. The van der Waals surface area contributed by atoms with Crippen molar-refractivity contribution in [1.29, 1.82) is 0 Å². The summed E-state index contributed by atoms with van der Waals surface area (Å²) in [6.45, 7) is 5.11. The normalized spacial score (nSPS) is 15.9. The van der Waals surface area contributed by atoms with Crippen molar-refractivity contribution in [2.75, 3.05) is 12.3 Å². The van der Waals surface area contributed by atoms with Crippen LogP contribution in [0, 0.1) is 13.8 Å². The fourth-order valence-electron chi connectivity index (χ4n) is 2.51. The number of hydrogen-bond donors (Lipinski definition) is 1. The average Bonchev–Trinajstić information content (AvgIpc) is 2.91. The number of nitrogens with two attached hydrogens (primary N) is 1. The van der Waals surface area contributed by atoms with Crippen molar-refractivity contribution in [3.8, 4) is 0 Å². The Bertz CT molecular complexity index is 772. The third-order valence-corrected chi connectivity index (χ3v) is 5.85. The van der Waals surface area contributed by atoms with Crippen LogP contribution < -0.4 is 5.73 Å². The van der Waals surface area contributed by atoms with E-state index in [-0.39, 0.29) is 4.90 Å². The highest BCUT2D eigenvalue weighted by molar-refractivity contribution is 7.89. The van der Waals surface area contributed by atoms with E-state index in [0.29, 0.717) is 25.3 Å². The number of nitrogen functional groups attached to an aromatic ring is 1. The second-order valence-corrected chi connectivity index (χ2v) is 7.27. The zero-order chi connectivity index (χ0) is 15.2. The first kappa shape index (κ1) is 14.1. The maximum absolute atomic E-state index is 12.8. The molecule has 7 heteroatoms. The van der Waals surface area contributed by atoms with Gasteiger partial charge in [-0.2, -0.15) is 4.31 Å². The molecule has 0 bridgehead atoms. The molecular formula is C14H18N4O2S. The fourth-order valence-corrected chi connectivity index (χ4v) is 4.01. The highest BCUT2D eigenvalue weighted by atomic mass is 32.2.